The fraction of sp³-hybridized carbons (Fsp3) is 0.333. The second-order valence-electron chi connectivity index (χ2n) is 5.70. The lowest BCUT2D eigenvalue weighted by Crippen LogP contribution is -2.09. The van der Waals surface area contributed by atoms with Crippen molar-refractivity contribution < 1.29 is 19.0 Å². The summed E-state index contributed by atoms with van der Waals surface area (Å²) in [5.41, 5.74) is 6.84. The molecule has 0 aliphatic carbocycles. The van der Waals surface area contributed by atoms with Gasteiger partial charge in [-0.1, -0.05) is 0 Å². The van der Waals surface area contributed by atoms with Crippen LogP contribution in [0, 0.1) is 11.3 Å². The first-order valence-corrected chi connectivity index (χ1v) is 8.63. The number of nitriles is 1. The van der Waals surface area contributed by atoms with Gasteiger partial charge < -0.3 is 25.3 Å². The van der Waals surface area contributed by atoms with Crippen molar-refractivity contribution in [3.05, 3.63) is 28.1 Å². The van der Waals surface area contributed by atoms with Crippen LogP contribution in [0.5, 0.6) is 17.2 Å². The highest BCUT2D eigenvalue weighted by molar-refractivity contribution is 7.19. The Morgan fingerprint density at radius 1 is 1.19 bits per heavy atom. The van der Waals surface area contributed by atoms with Crippen LogP contribution in [0.25, 0.3) is 0 Å². The van der Waals surface area contributed by atoms with E-state index in [1.807, 2.05) is 13.8 Å². The van der Waals surface area contributed by atoms with Crippen molar-refractivity contribution in [2.45, 2.75) is 19.9 Å². The van der Waals surface area contributed by atoms with E-state index in [1.54, 1.807) is 12.1 Å². The number of nitrogen functional groups attached to an aromatic ring is 1. The number of nitrogens with zero attached hydrogens (tertiary/aromatic N) is 1. The first-order valence-electron chi connectivity index (χ1n) is 7.81. The molecule has 1 heterocycles. The van der Waals surface area contributed by atoms with Crippen LogP contribution in [-0.4, -0.2) is 33.2 Å². The molecule has 0 saturated heterocycles. The second kappa shape index (κ2) is 7.97. The molecule has 3 N–H and O–H groups in total. The number of nitrogens with two attached hydrogens (primary N) is 1. The van der Waals surface area contributed by atoms with Gasteiger partial charge >= 0.3 is 0 Å². The third kappa shape index (κ3) is 3.53. The van der Waals surface area contributed by atoms with Gasteiger partial charge in [-0.2, -0.15) is 5.26 Å². The Balaban J connectivity index is 2.56. The molecule has 0 amide bonds. The number of nitrogens with one attached hydrogen (secondary N) is 1. The van der Waals surface area contributed by atoms with Gasteiger partial charge in [0.25, 0.3) is 0 Å². The average molecular weight is 375 g/mol. The molecule has 2 aromatic rings. The molecule has 8 heteroatoms. The van der Waals surface area contributed by atoms with Crippen molar-refractivity contribution in [2.24, 2.45) is 0 Å². The summed E-state index contributed by atoms with van der Waals surface area (Å²) in [6.45, 7) is 3.88. The summed E-state index contributed by atoms with van der Waals surface area (Å²) in [6, 6.07) is 5.28. The van der Waals surface area contributed by atoms with Crippen molar-refractivity contribution in [3.8, 4) is 23.3 Å². The number of hydrogen-bond donors (Lipinski definition) is 2. The third-order valence-corrected chi connectivity index (χ3v) is 4.75. The van der Waals surface area contributed by atoms with E-state index in [-0.39, 0.29) is 23.1 Å². The molecule has 0 aliphatic heterocycles. The Kier molecular flexibility index (Phi) is 5.95. The highest BCUT2D eigenvalue weighted by Crippen LogP contribution is 2.41. The number of hydrogen-bond acceptors (Lipinski definition) is 8. The standard InChI is InChI=1S/C18H21N3O4S/c1-9(2)21-18-11(8-19)14(20)17(26-18)15(22)10-6-12(23-3)16(25-5)13(7-10)24-4/h6-7,9,21H,20H2,1-5H3. The summed E-state index contributed by atoms with van der Waals surface area (Å²) < 4.78 is 15.8. The minimum Gasteiger partial charge on any atom is -0.493 e. The minimum atomic E-state index is -0.319. The quantitative estimate of drug-likeness (QED) is 0.715. The maximum absolute atomic E-state index is 13.0. The van der Waals surface area contributed by atoms with Crippen molar-refractivity contribution in [2.75, 3.05) is 32.4 Å². The molecule has 0 saturated carbocycles. The van der Waals surface area contributed by atoms with Crippen molar-refractivity contribution in [3.63, 3.8) is 0 Å². The molecule has 26 heavy (non-hydrogen) atoms. The fourth-order valence-corrected chi connectivity index (χ4v) is 3.61. The summed E-state index contributed by atoms with van der Waals surface area (Å²) in [4.78, 5) is 13.3. The first kappa shape index (κ1) is 19.4. The summed E-state index contributed by atoms with van der Waals surface area (Å²) in [6.07, 6.45) is 0. The minimum absolute atomic E-state index is 0.101. The zero-order valence-electron chi connectivity index (χ0n) is 15.3. The normalized spacial score (nSPS) is 10.3. The van der Waals surface area contributed by atoms with Gasteiger partial charge in [-0.15, -0.1) is 11.3 Å². The second-order valence-corrected chi connectivity index (χ2v) is 6.72. The van der Waals surface area contributed by atoms with Crippen molar-refractivity contribution >= 4 is 27.8 Å². The van der Waals surface area contributed by atoms with Crippen molar-refractivity contribution in [1.82, 2.24) is 0 Å². The Morgan fingerprint density at radius 3 is 2.19 bits per heavy atom. The third-order valence-electron chi connectivity index (χ3n) is 3.61. The number of ketones is 1. The summed E-state index contributed by atoms with van der Waals surface area (Å²) >= 11 is 1.16. The Bertz CT molecular complexity index is 843. The Labute approximate surface area is 156 Å². The molecule has 1 aromatic carbocycles. The molecule has 138 valence electrons. The van der Waals surface area contributed by atoms with Gasteiger partial charge in [0.05, 0.1) is 27.0 Å². The fourth-order valence-electron chi connectivity index (χ4n) is 2.43. The lowest BCUT2D eigenvalue weighted by atomic mass is 10.1. The zero-order valence-corrected chi connectivity index (χ0v) is 16.1. The van der Waals surface area contributed by atoms with E-state index >= 15 is 0 Å². The molecule has 0 bridgehead atoms. The van der Waals surface area contributed by atoms with Crippen LogP contribution < -0.4 is 25.3 Å². The van der Waals surface area contributed by atoms with Crippen LogP contribution in [0.3, 0.4) is 0 Å². The lowest BCUT2D eigenvalue weighted by Gasteiger charge is -2.13. The maximum Gasteiger partial charge on any atom is 0.205 e. The van der Waals surface area contributed by atoms with E-state index in [1.165, 1.54) is 21.3 Å². The van der Waals surface area contributed by atoms with E-state index in [2.05, 4.69) is 11.4 Å². The van der Waals surface area contributed by atoms with Crippen LogP contribution in [0.2, 0.25) is 0 Å². The van der Waals surface area contributed by atoms with Gasteiger partial charge in [-0.3, -0.25) is 4.79 Å². The molecule has 1 aromatic heterocycles. The number of thiophene rings is 1. The smallest absolute Gasteiger partial charge is 0.205 e. The van der Waals surface area contributed by atoms with E-state index in [9.17, 15) is 10.1 Å². The first-order chi connectivity index (χ1) is 12.4. The number of carbonyl (C=O) groups is 1. The van der Waals surface area contributed by atoms with Crippen molar-refractivity contribution in [1.29, 1.82) is 5.26 Å². The molecule has 0 unspecified atom stereocenters. The number of ether oxygens (including phenoxy) is 3. The molecule has 0 radical (unpaired) electrons. The van der Waals surface area contributed by atoms with Crippen LogP contribution in [-0.2, 0) is 0 Å². The van der Waals surface area contributed by atoms with E-state index in [0.717, 1.165) is 11.3 Å². The van der Waals surface area contributed by atoms with E-state index < -0.39 is 0 Å². The highest BCUT2D eigenvalue weighted by Gasteiger charge is 2.25. The largest absolute Gasteiger partial charge is 0.493 e. The van der Waals surface area contributed by atoms with Crippen LogP contribution in [0.15, 0.2) is 12.1 Å². The number of benzene rings is 1. The van der Waals surface area contributed by atoms with Gasteiger partial charge in [0.15, 0.2) is 11.5 Å². The molecular weight excluding hydrogens is 354 g/mol. The predicted molar refractivity (Wildman–Crippen MR) is 102 cm³/mol. The number of anilines is 2. The summed E-state index contributed by atoms with van der Waals surface area (Å²) in [5, 5.41) is 13.1. The summed E-state index contributed by atoms with van der Waals surface area (Å²) in [5.74, 6) is 0.809. The van der Waals surface area contributed by atoms with Gasteiger partial charge in [-0.25, -0.2) is 0 Å². The molecule has 7 nitrogen and oxygen atoms in total. The van der Waals surface area contributed by atoms with Crippen LogP contribution in [0.1, 0.15) is 34.6 Å². The van der Waals surface area contributed by atoms with E-state index in [4.69, 9.17) is 19.9 Å². The summed E-state index contributed by atoms with van der Waals surface area (Å²) in [7, 11) is 4.44. The Morgan fingerprint density at radius 2 is 1.77 bits per heavy atom. The molecule has 0 spiro atoms. The maximum atomic E-state index is 13.0. The van der Waals surface area contributed by atoms with Crippen LogP contribution in [0.4, 0.5) is 10.7 Å². The Hall–Kier alpha value is -2.92. The molecular formula is C18H21N3O4S. The zero-order chi connectivity index (χ0) is 19.4. The number of rotatable bonds is 7. The van der Waals surface area contributed by atoms with Crippen LogP contribution >= 0.6 is 11.3 Å². The number of methoxy groups -OCH3 is 3. The lowest BCUT2D eigenvalue weighted by molar-refractivity contribution is 0.104. The van der Waals surface area contributed by atoms with Gasteiger partial charge in [0, 0.05) is 11.6 Å². The van der Waals surface area contributed by atoms with Gasteiger partial charge in [-0.05, 0) is 26.0 Å². The SMILES string of the molecule is COc1cc(C(=O)c2sc(NC(C)C)c(C#N)c2N)cc(OC)c1OC. The van der Waals surface area contributed by atoms with E-state index in [0.29, 0.717) is 32.7 Å². The van der Waals surface area contributed by atoms with Gasteiger partial charge in [0.1, 0.15) is 21.5 Å². The average Bonchev–Trinajstić information content (AvgIpc) is 2.94. The molecule has 2 rings (SSSR count). The molecule has 0 fully saturated rings. The topological polar surface area (TPSA) is 107 Å². The molecule has 0 atom stereocenters. The van der Waals surface area contributed by atoms with Gasteiger partial charge in [0.2, 0.25) is 11.5 Å². The monoisotopic (exact) mass is 375 g/mol. The predicted octanol–water partition coefficient (Wildman–Crippen LogP) is 3.28. The molecule has 0 aliphatic rings. The number of carbonyl (C=O) groups excluding carboxylic acids is 1. The highest BCUT2D eigenvalue weighted by atomic mass is 32.1.